The molecule has 1 amide bonds. The zero-order valence-electron chi connectivity index (χ0n) is 14.7. The zero-order valence-corrected chi connectivity index (χ0v) is 15.6. The molecule has 0 spiro atoms. The third kappa shape index (κ3) is 3.20. The molecule has 26 heavy (non-hydrogen) atoms. The van der Waals surface area contributed by atoms with Crippen molar-refractivity contribution < 1.29 is 4.79 Å². The van der Waals surface area contributed by atoms with Crippen molar-refractivity contribution in [1.29, 1.82) is 0 Å². The van der Waals surface area contributed by atoms with Crippen LogP contribution in [-0.2, 0) is 11.8 Å². The molecule has 4 rings (SSSR count). The molecular weight excluding hydrogens is 348 g/mol. The number of anilines is 1. The van der Waals surface area contributed by atoms with Gasteiger partial charge < -0.3 is 15.6 Å². The van der Waals surface area contributed by atoms with E-state index in [0.29, 0.717) is 0 Å². The van der Waals surface area contributed by atoms with Crippen LogP contribution in [0.3, 0.4) is 0 Å². The summed E-state index contributed by atoms with van der Waals surface area (Å²) in [4.78, 5) is 17.1. The first-order valence-corrected chi connectivity index (χ1v) is 8.69. The number of para-hydroxylation sites is 2. The van der Waals surface area contributed by atoms with Crippen LogP contribution in [0.25, 0.3) is 22.4 Å². The van der Waals surface area contributed by atoms with E-state index in [1.165, 1.54) is 0 Å². The summed E-state index contributed by atoms with van der Waals surface area (Å²) in [6, 6.07) is 15.8. The van der Waals surface area contributed by atoms with E-state index in [0.717, 1.165) is 53.8 Å². The predicted octanol–water partition coefficient (Wildman–Crippen LogP) is 3.87. The molecule has 5 nitrogen and oxygen atoms in total. The number of hydrogen-bond acceptors (Lipinski definition) is 3. The standard InChI is InChI=1S/C20H22N4O.ClH/c1-24-17-7-3-2-6-16(17)23-18(24)14-8-10-15(11-9-14)22-19(25)20(21)12-4-5-13-20;/h2-3,6-11H,4-5,12-13,21H2,1H3,(H,22,25);1H. The lowest BCUT2D eigenvalue weighted by Crippen LogP contribution is -2.48. The molecule has 0 radical (unpaired) electrons. The van der Waals surface area contributed by atoms with Gasteiger partial charge in [0, 0.05) is 18.3 Å². The van der Waals surface area contributed by atoms with Crippen molar-refractivity contribution in [2.24, 2.45) is 12.8 Å². The van der Waals surface area contributed by atoms with Crippen molar-refractivity contribution in [2.45, 2.75) is 31.2 Å². The number of carbonyl (C=O) groups excluding carboxylic acids is 1. The Kier molecular flexibility index (Phi) is 5.03. The second-order valence-electron chi connectivity index (χ2n) is 6.88. The third-order valence-electron chi connectivity index (χ3n) is 5.14. The number of imidazole rings is 1. The summed E-state index contributed by atoms with van der Waals surface area (Å²) in [6.07, 6.45) is 3.57. The van der Waals surface area contributed by atoms with Gasteiger partial charge in [0.2, 0.25) is 5.91 Å². The zero-order chi connectivity index (χ0) is 17.4. The van der Waals surface area contributed by atoms with E-state index in [1.54, 1.807) is 0 Å². The molecule has 0 bridgehead atoms. The molecule has 136 valence electrons. The Labute approximate surface area is 159 Å². The molecule has 6 heteroatoms. The number of hydrogen-bond donors (Lipinski definition) is 2. The van der Waals surface area contributed by atoms with E-state index in [2.05, 4.69) is 16.0 Å². The largest absolute Gasteiger partial charge is 0.327 e. The van der Waals surface area contributed by atoms with Crippen LogP contribution in [0.5, 0.6) is 0 Å². The average Bonchev–Trinajstić information content (AvgIpc) is 3.21. The minimum atomic E-state index is -0.712. The fourth-order valence-corrected chi connectivity index (χ4v) is 3.59. The Morgan fingerprint density at radius 3 is 2.42 bits per heavy atom. The number of aromatic nitrogens is 2. The Morgan fingerprint density at radius 2 is 1.77 bits per heavy atom. The first-order valence-electron chi connectivity index (χ1n) is 8.69. The maximum absolute atomic E-state index is 12.4. The van der Waals surface area contributed by atoms with Gasteiger partial charge in [-0.15, -0.1) is 12.4 Å². The van der Waals surface area contributed by atoms with Crippen LogP contribution in [0.4, 0.5) is 5.69 Å². The van der Waals surface area contributed by atoms with Gasteiger partial charge in [-0.05, 0) is 49.2 Å². The van der Waals surface area contributed by atoms with Crippen molar-refractivity contribution in [2.75, 3.05) is 5.32 Å². The molecular formula is C20H23ClN4O. The Morgan fingerprint density at radius 1 is 1.12 bits per heavy atom. The second kappa shape index (κ2) is 7.09. The fraction of sp³-hybridized carbons (Fsp3) is 0.300. The van der Waals surface area contributed by atoms with Gasteiger partial charge in [-0.25, -0.2) is 4.98 Å². The molecule has 0 unspecified atom stereocenters. The summed E-state index contributed by atoms with van der Waals surface area (Å²) in [5, 5.41) is 2.95. The number of rotatable bonds is 3. The lowest BCUT2D eigenvalue weighted by molar-refractivity contribution is -0.121. The maximum atomic E-state index is 12.4. The minimum absolute atomic E-state index is 0. The van der Waals surface area contributed by atoms with Crippen LogP contribution < -0.4 is 11.1 Å². The third-order valence-corrected chi connectivity index (χ3v) is 5.14. The van der Waals surface area contributed by atoms with Gasteiger partial charge in [-0.3, -0.25) is 4.79 Å². The van der Waals surface area contributed by atoms with E-state index in [-0.39, 0.29) is 18.3 Å². The minimum Gasteiger partial charge on any atom is -0.327 e. The smallest absolute Gasteiger partial charge is 0.244 e. The lowest BCUT2D eigenvalue weighted by Gasteiger charge is -2.22. The monoisotopic (exact) mass is 370 g/mol. The molecule has 1 aromatic heterocycles. The summed E-state index contributed by atoms with van der Waals surface area (Å²) in [5.41, 5.74) is 9.35. The summed E-state index contributed by atoms with van der Waals surface area (Å²) in [7, 11) is 2.01. The quantitative estimate of drug-likeness (QED) is 0.735. The highest BCUT2D eigenvalue weighted by Gasteiger charge is 2.36. The molecule has 1 aliphatic rings. The van der Waals surface area contributed by atoms with Gasteiger partial charge >= 0.3 is 0 Å². The molecule has 0 aliphatic heterocycles. The number of benzene rings is 2. The highest BCUT2D eigenvalue weighted by molar-refractivity contribution is 5.98. The SMILES string of the molecule is Cl.Cn1c(-c2ccc(NC(=O)C3(N)CCCC3)cc2)nc2ccccc21. The number of amides is 1. The van der Waals surface area contributed by atoms with Crippen molar-refractivity contribution in [3.8, 4) is 11.4 Å². The van der Waals surface area contributed by atoms with Crippen molar-refractivity contribution in [1.82, 2.24) is 9.55 Å². The Bertz CT molecular complexity index is 927. The highest BCUT2D eigenvalue weighted by Crippen LogP contribution is 2.29. The van der Waals surface area contributed by atoms with E-state index in [1.807, 2.05) is 49.5 Å². The van der Waals surface area contributed by atoms with Crippen LogP contribution in [-0.4, -0.2) is 21.0 Å². The Balaban J connectivity index is 0.00000196. The number of aryl methyl sites for hydroxylation is 1. The summed E-state index contributed by atoms with van der Waals surface area (Å²) >= 11 is 0. The molecule has 3 N–H and O–H groups in total. The number of halogens is 1. The number of nitrogens with zero attached hydrogens (tertiary/aromatic N) is 2. The first-order chi connectivity index (χ1) is 12.1. The van der Waals surface area contributed by atoms with Gasteiger partial charge in [-0.1, -0.05) is 25.0 Å². The van der Waals surface area contributed by atoms with Crippen LogP contribution in [0.2, 0.25) is 0 Å². The van der Waals surface area contributed by atoms with Gasteiger partial charge in [0.15, 0.2) is 0 Å². The highest BCUT2D eigenvalue weighted by atomic mass is 35.5. The van der Waals surface area contributed by atoms with Crippen molar-refractivity contribution in [3.05, 3.63) is 48.5 Å². The molecule has 1 aliphatic carbocycles. The predicted molar refractivity (Wildman–Crippen MR) is 107 cm³/mol. The number of fused-ring (bicyclic) bond motifs is 1. The van der Waals surface area contributed by atoms with E-state index >= 15 is 0 Å². The van der Waals surface area contributed by atoms with E-state index in [9.17, 15) is 4.79 Å². The molecule has 0 saturated heterocycles. The summed E-state index contributed by atoms with van der Waals surface area (Å²) in [6.45, 7) is 0. The summed E-state index contributed by atoms with van der Waals surface area (Å²) in [5.74, 6) is 0.825. The second-order valence-corrected chi connectivity index (χ2v) is 6.88. The first kappa shape index (κ1) is 18.4. The lowest BCUT2D eigenvalue weighted by atomic mass is 9.98. The molecule has 1 fully saturated rings. The van der Waals surface area contributed by atoms with Gasteiger partial charge in [-0.2, -0.15) is 0 Å². The van der Waals surface area contributed by atoms with Gasteiger partial charge in [0.1, 0.15) is 5.82 Å². The van der Waals surface area contributed by atoms with Crippen LogP contribution in [0.1, 0.15) is 25.7 Å². The molecule has 1 heterocycles. The number of carbonyl (C=O) groups is 1. The van der Waals surface area contributed by atoms with E-state index < -0.39 is 5.54 Å². The molecule has 3 aromatic rings. The van der Waals surface area contributed by atoms with Gasteiger partial charge in [0.05, 0.1) is 16.6 Å². The van der Waals surface area contributed by atoms with Crippen molar-refractivity contribution >= 4 is 35.0 Å². The van der Waals surface area contributed by atoms with Crippen LogP contribution >= 0.6 is 12.4 Å². The topological polar surface area (TPSA) is 72.9 Å². The number of nitrogens with two attached hydrogens (primary N) is 1. The number of nitrogens with one attached hydrogen (secondary N) is 1. The molecule has 1 saturated carbocycles. The van der Waals surface area contributed by atoms with Crippen molar-refractivity contribution in [3.63, 3.8) is 0 Å². The fourth-order valence-electron chi connectivity index (χ4n) is 3.59. The molecule has 2 aromatic carbocycles. The van der Waals surface area contributed by atoms with Crippen LogP contribution in [0, 0.1) is 0 Å². The van der Waals surface area contributed by atoms with Gasteiger partial charge in [0.25, 0.3) is 0 Å². The van der Waals surface area contributed by atoms with E-state index in [4.69, 9.17) is 10.7 Å². The normalized spacial score (nSPS) is 15.6. The molecule has 0 atom stereocenters. The Hall–Kier alpha value is -2.37. The maximum Gasteiger partial charge on any atom is 0.244 e. The average molecular weight is 371 g/mol. The summed E-state index contributed by atoms with van der Waals surface area (Å²) < 4.78 is 2.08. The van der Waals surface area contributed by atoms with Crippen LogP contribution in [0.15, 0.2) is 48.5 Å².